The molecule has 2 heterocycles. The van der Waals surface area contributed by atoms with Gasteiger partial charge >= 0.3 is 5.69 Å². The topological polar surface area (TPSA) is 106 Å². The number of hydrogen-bond donors (Lipinski definition) is 3. The summed E-state index contributed by atoms with van der Waals surface area (Å²) in [6.07, 6.45) is -0.464. The number of aromatic amines is 1. The summed E-state index contributed by atoms with van der Waals surface area (Å²) in [5.74, 6) is 0.752. The average Bonchev–Trinajstić information content (AvgIpc) is 3.30. The van der Waals surface area contributed by atoms with Gasteiger partial charge in [0, 0.05) is 25.2 Å². The van der Waals surface area contributed by atoms with Gasteiger partial charge in [-0.15, -0.1) is 0 Å². The Balaban J connectivity index is 1.52. The van der Waals surface area contributed by atoms with Gasteiger partial charge in [-0.3, -0.25) is 19.7 Å². The number of aliphatic hydroxyl groups is 1. The molecule has 1 fully saturated rings. The van der Waals surface area contributed by atoms with E-state index < -0.39 is 35.2 Å². The summed E-state index contributed by atoms with van der Waals surface area (Å²) in [5.41, 5.74) is 1.23. The minimum Gasteiger partial charge on any atom is -0.497 e. The van der Waals surface area contributed by atoms with Crippen LogP contribution in [-0.2, 0) is 10.3 Å². The first-order valence-corrected chi connectivity index (χ1v) is 12.2. The molecule has 0 radical (unpaired) electrons. The molecule has 190 valence electrons. The predicted octanol–water partition coefficient (Wildman–Crippen LogP) is 2.78. The zero-order valence-electron chi connectivity index (χ0n) is 20.4. The van der Waals surface area contributed by atoms with Crippen LogP contribution in [0.25, 0.3) is 0 Å². The lowest BCUT2D eigenvalue weighted by molar-refractivity contribution is -0.0212. The van der Waals surface area contributed by atoms with Gasteiger partial charge in [0.05, 0.1) is 24.9 Å². The fourth-order valence-corrected chi connectivity index (χ4v) is 5.00. The molecule has 0 amide bonds. The van der Waals surface area contributed by atoms with E-state index in [0.717, 1.165) is 22.4 Å². The van der Waals surface area contributed by atoms with E-state index in [1.165, 1.54) is 16.8 Å². The standard InChI is InChI=1S/C29H29N3O5/c1-36-23-14-12-22(13-15-23)29(20-8-4-2-5-9-20,21-10-6-3-7-11-21)30-19-25-24(33)18-27(37-25)32-17-16-26(34)31-28(32)35/h2-17,24-25,27,30,33H,18-19H2,1H3,(H,31,34,35)/t24-,25-,27-/m1/s1. The van der Waals surface area contributed by atoms with E-state index in [4.69, 9.17) is 9.47 Å². The molecule has 0 unspecified atom stereocenters. The van der Waals surface area contributed by atoms with E-state index in [9.17, 15) is 14.7 Å². The zero-order valence-corrected chi connectivity index (χ0v) is 20.4. The monoisotopic (exact) mass is 499 g/mol. The predicted molar refractivity (Wildman–Crippen MR) is 140 cm³/mol. The van der Waals surface area contributed by atoms with E-state index in [2.05, 4.69) is 34.6 Å². The van der Waals surface area contributed by atoms with Gasteiger partial charge in [0.2, 0.25) is 0 Å². The highest BCUT2D eigenvalue weighted by Gasteiger charge is 2.40. The molecule has 3 aromatic carbocycles. The van der Waals surface area contributed by atoms with E-state index in [1.807, 2.05) is 60.7 Å². The Labute approximate surface area is 214 Å². The summed E-state index contributed by atoms with van der Waals surface area (Å²) in [4.78, 5) is 26.0. The third kappa shape index (κ3) is 4.86. The third-order valence-electron chi connectivity index (χ3n) is 6.87. The second kappa shape index (κ2) is 10.6. The number of benzene rings is 3. The van der Waals surface area contributed by atoms with Crippen LogP contribution in [0.1, 0.15) is 29.3 Å². The van der Waals surface area contributed by atoms with Gasteiger partial charge in [-0.25, -0.2) is 4.79 Å². The molecule has 3 N–H and O–H groups in total. The maximum absolute atomic E-state index is 12.3. The molecule has 1 aliphatic heterocycles. The first-order chi connectivity index (χ1) is 18.0. The van der Waals surface area contributed by atoms with Crippen molar-refractivity contribution in [3.63, 3.8) is 0 Å². The number of nitrogens with one attached hydrogen (secondary N) is 2. The van der Waals surface area contributed by atoms with Crippen LogP contribution in [0.3, 0.4) is 0 Å². The summed E-state index contributed by atoms with van der Waals surface area (Å²) in [6.45, 7) is 0.297. The highest BCUT2D eigenvalue weighted by atomic mass is 16.5. The van der Waals surface area contributed by atoms with Crippen molar-refractivity contribution in [2.45, 2.75) is 30.4 Å². The number of rotatable bonds is 8. The van der Waals surface area contributed by atoms with E-state index in [1.54, 1.807) is 7.11 Å². The van der Waals surface area contributed by atoms with Crippen LogP contribution < -0.4 is 21.3 Å². The molecular formula is C29H29N3O5. The van der Waals surface area contributed by atoms with Crippen LogP contribution in [0, 0.1) is 0 Å². The number of aromatic nitrogens is 2. The van der Waals surface area contributed by atoms with Gasteiger partial charge in [0.1, 0.15) is 12.0 Å². The summed E-state index contributed by atoms with van der Waals surface area (Å²) >= 11 is 0. The van der Waals surface area contributed by atoms with Crippen molar-refractivity contribution in [3.8, 4) is 5.75 Å². The highest BCUT2D eigenvalue weighted by molar-refractivity contribution is 5.50. The second-order valence-electron chi connectivity index (χ2n) is 9.04. The number of methoxy groups -OCH3 is 1. The van der Waals surface area contributed by atoms with Crippen LogP contribution in [0.5, 0.6) is 5.75 Å². The van der Waals surface area contributed by atoms with E-state index >= 15 is 0 Å². The van der Waals surface area contributed by atoms with Crippen LogP contribution in [0.2, 0.25) is 0 Å². The molecule has 8 nitrogen and oxygen atoms in total. The molecule has 4 aromatic rings. The highest BCUT2D eigenvalue weighted by Crippen LogP contribution is 2.38. The first kappa shape index (κ1) is 24.7. The Morgan fingerprint density at radius 3 is 2.11 bits per heavy atom. The molecule has 0 saturated carbocycles. The largest absolute Gasteiger partial charge is 0.497 e. The quantitative estimate of drug-likeness (QED) is 0.322. The molecule has 5 rings (SSSR count). The van der Waals surface area contributed by atoms with Crippen molar-refractivity contribution in [1.82, 2.24) is 14.9 Å². The Kier molecular flexibility index (Phi) is 7.05. The van der Waals surface area contributed by atoms with E-state index in [0.29, 0.717) is 6.54 Å². The lowest BCUT2D eigenvalue weighted by Crippen LogP contribution is -2.49. The average molecular weight is 500 g/mol. The van der Waals surface area contributed by atoms with E-state index in [-0.39, 0.29) is 6.42 Å². The number of nitrogens with zero attached hydrogens (tertiary/aromatic N) is 1. The van der Waals surface area contributed by atoms with Crippen LogP contribution >= 0.6 is 0 Å². The Morgan fingerprint density at radius 2 is 1.54 bits per heavy atom. The van der Waals surface area contributed by atoms with Crippen molar-refractivity contribution >= 4 is 0 Å². The lowest BCUT2D eigenvalue weighted by Gasteiger charge is -2.38. The van der Waals surface area contributed by atoms with Crippen LogP contribution in [-0.4, -0.2) is 40.5 Å². The molecule has 3 atom stereocenters. The molecule has 0 spiro atoms. The molecule has 1 saturated heterocycles. The molecule has 1 aliphatic rings. The Hall–Kier alpha value is -3.98. The minimum absolute atomic E-state index is 0.227. The Bertz CT molecular complexity index is 1390. The third-order valence-corrected chi connectivity index (χ3v) is 6.87. The first-order valence-electron chi connectivity index (χ1n) is 12.2. The molecule has 1 aromatic heterocycles. The van der Waals surface area contributed by atoms with Crippen LogP contribution in [0.15, 0.2) is 107 Å². The zero-order chi connectivity index (χ0) is 25.8. The Morgan fingerprint density at radius 1 is 0.946 bits per heavy atom. The second-order valence-corrected chi connectivity index (χ2v) is 9.04. The van der Waals surface area contributed by atoms with Crippen LogP contribution in [0.4, 0.5) is 0 Å². The maximum atomic E-state index is 12.3. The summed E-state index contributed by atoms with van der Waals surface area (Å²) < 4.78 is 12.8. The number of H-pyrrole nitrogens is 1. The van der Waals surface area contributed by atoms with Crippen molar-refractivity contribution in [3.05, 3.63) is 135 Å². The molecular weight excluding hydrogens is 470 g/mol. The van der Waals surface area contributed by atoms with Gasteiger partial charge in [0.25, 0.3) is 5.56 Å². The van der Waals surface area contributed by atoms with Gasteiger partial charge in [-0.1, -0.05) is 72.8 Å². The van der Waals surface area contributed by atoms with Crippen molar-refractivity contribution < 1.29 is 14.6 Å². The minimum atomic E-state index is -0.809. The number of hydrogen-bond acceptors (Lipinski definition) is 6. The SMILES string of the molecule is COc1ccc(C(NC[C@H]2O[C@@H](n3ccc(=O)[nH]c3=O)C[C@H]2O)(c2ccccc2)c2ccccc2)cc1. The van der Waals surface area contributed by atoms with Gasteiger partial charge in [-0.2, -0.15) is 0 Å². The fraction of sp³-hybridized carbons (Fsp3) is 0.241. The number of aliphatic hydroxyl groups excluding tert-OH is 1. The number of ether oxygens (including phenoxy) is 2. The maximum Gasteiger partial charge on any atom is 0.330 e. The normalized spacial score (nSPS) is 19.6. The molecule has 37 heavy (non-hydrogen) atoms. The summed E-state index contributed by atoms with van der Waals surface area (Å²) in [5, 5.41) is 14.6. The summed E-state index contributed by atoms with van der Waals surface area (Å²) in [6, 6.07) is 29.4. The molecule has 8 heteroatoms. The summed E-state index contributed by atoms with van der Waals surface area (Å²) in [7, 11) is 1.64. The van der Waals surface area contributed by atoms with Crippen molar-refractivity contribution in [2.24, 2.45) is 0 Å². The van der Waals surface area contributed by atoms with Gasteiger partial charge in [0.15, 0.2) is 0 Å². The molecule has 0 aliphatic carbocycles. The lowest BCUT2D eigenvalue weighted by atomic mass is 9.77. The van der Waals surface area contributed by atoms with Crippen molar-refractivity contribution in [1.29, 1.82) is 0 Å². The molecule has 0 bridgehead atoms. The smallest absolute Gasteiger partial charge is 0.330 e. The van der Waals surface area contributed by atoms with Gasteiger partial charge in [-0.05, 0) is 28.8 Å². The van der Waals surface area contributed by atoms with Crippen molar-refractivity contribution in [2.75, 3.05) is 13.7 Å². The van der Waals surface area contributed by atoms with Gasteiger partial charge < -0.3 is 14.6 Å². The fourth-order valence-electron chi connectivity index (χ4n) is 5.00.